The lowest BCUT2D eigenvalue weighted by atomic mass is 10.1. The summed E-state index contributed by atoms with van der Waals surface area (Å²) >= 11 is 11.8. The van der Waals surface area contributed by atoms with Gasteiger partial charge in [-0.15, -0.1) is 10.2 Å². The summed E-state index contributed by atoms with van der Waals surface area (Å²) in [6.07, 6.45) is 1.10. The second-order valence-electron chi connectivity index (χ2n) is 3.90. The SMILES string of the molecule is COCC1CCN(c2cc(Cl)nnc2Cl)C1. The molecule has 1 aliphatic heterocycles. The third-order valence-electron chi connectivity index (χ3n) is 2.73. The summed E-state index contributed by atoms with van der Waals surface area (Å²) in [6.45, 7) is 2.66. The molecule has 1 aromatic rings. The number of hydrogen-bond acceptors (Lipinski definition) is 4. The second kappa shape index (κ2) is 5.17. The minimum Gasteiger partial charge on any atom is -0.384 e. The van der Waals surface area contributed by atoms with Crippen LogP contribution in [0.15, 0.2) is 6.07 Å². The summed E-state index contributed by atoms with van der Waals surface area (Å²) in [5.41, 5.74) is 0.861. The van der Waals surface area contributed by atoms with Crippen LogP contribution in [0.2, 0.25) is 10.3 Å². The Morgan fingerprint density at radius 3 is 3.06 bits per heavy atom. The fourth-order valence-corrected chi connectivity index (χ4v) is 2.34. The topological polar surface area (TPSA) is 38.2 Å². The van der Waals surface area contributed by atoms with Gasteiger partial charge in [-0.25, -0.2) is 0 Å². The van der Waals surface area contributed by atoms with Crippen LogP contribution in [0.1, 0.15) is 6.42 Å². The summed E-state index contributed by atoms with van der Waals surface area (Å²) in [7, 11) is 1.72. The number of hydrogen-bond donors (Lipinski definition) is 0. The predicted molar refractivity (Wildman–Crippen MR) is 64.2 cm³/mol. The molecule has 0 radical (unpaired) electrons. The van der Waals surface area contributed by atoms with Gasteiger partial charge in [-0.3, -0.25) is 0 Å². The average molecular weight is 262 g/mol. The van der Waals surface area contributed by atoms with Crippen LogP contribution in [0.5, 0.6) is 0 Å². The van der Waals surface area contributed by atoms with Crippen LogP contribution in [-0.4, -0.2) is 37.0 Å². The molecule has 16 heavy (non-hydrogen) atoms. The lowest BCUT2D eigenvalue weighted by Gasteiger charge is -2.19. The highest BCUT2D eigenvalue weighted by atomic mass is 35.5. The van der Waals surface area contributed by atoms with Crippen molar-refractivity contribution in [1.82, 2.24) is 10.2 Å². The van der Waals surface area contributed by atoms with Crippen LogP contribution in [0.4, 0.5) is 5.69 Å². The number of rotatable bonds is 3. The molecule has 1 aromatic heterocycles. The predicted octanol–water partition coefficient (Wildman–Crippen LogP) is 2.26. The third-order valence-corrected chi connectivity index (χ3v) is 3.18. The number of halogens is 2. The number of nitrogens with zero attached hydrogens (tertiary/aromatic N) is 3. The van der Waals surface area contributed by atoms with Crippen LogP contribution >= 0.6 is 23.2 Å². The summed E-state index contributed by atoms with van der Waals surface area (Å²) < 4.78 is 5.15. The highest BCUT2D eigenvalue weighted by Gasteiger charge is 2.24. The molecule has 2 rings (SSSR count). The first-order valence-electron chi connectivity index (χ1n) is 5.13. The molecule has 0 bridgehead atoms. The van der Waals surface area contributed by atoms with Gasteiger partial charge in [0.15, 0.2) is 10.3 Å². The molecule has 0 aliphatic carbocycles. The lowest BCUT2D eigenvalue weighted by Crippen LogP contribution is -2.21. The van der Waals surface area contributed by atoms with E-state index in [9.17, 15) is 0 Å². The number of anilines is 1. The Bertz CT molecular complexity index is 375. The molecular formula is C10H13Cl2N3O. The van der Waals surface area contributed by atoms with Crippen molar-refractivity contribution in [1.29, 1.82) is 0 Å². The molecule has 1 unspecified atom stereocenters. The third kappa shape index (κ3) is 2.56. The quantitative estimate of drug-likeness (QED) is 0.837. The number of methoxy groups -OCH3 is 1. The molecule has 0 aromatic carbocycles. The molecule has 0 amide bonds. The van der Waals surface area contributed by atoms with Crippen molar-refractivity contribution in [2.45, 2.75) is 6.42 Å². The normalized spacial score (nSPS) is 20.4. The molecule has 4 nitrogen and oxygen atoms in total. The Kier molecular flexibility index (Phi) is 3.84. The molecule has 1 saturated heterocycles. The van der Waals surface area contributed by atoms with Crippen LogP contribution in [-0.2, 0) is 4.74 Å². The van der Waals surface area contributed by atoms with E-state index in [1.54, 1.807) is 13.2 Å². The zero-order chi connectivity index (χ0) is 11.5. The van der Waals surface area contributed by atoms with Crippen LogP contribution in [0.3, 0.4) is 0 Å². The van der Waals surface area contributed by atoms with Gasteiger partial charge in [-0.1, -0.05) is 23.2 Å². The molecule has 0 spiro atoms. The Balaban J connectivity index is 2.11. The first kappa shape index (κ1) is 11.9. The van der Waals surface area contributed by atoms with E-state index in [4.69, 9.17) is 27.9 Å². The van der Waals surface area contributed by atoms with Crippen molar-refractivity contribution >= 4 is 28.9 Å². The Labute approximate surface area is 105 Å². The highest BCUT2D eigenvalue weighted by molar-refractivity contribution is 6.33. The first-order valence-corrected chi connectivity index (χ1v) is 5.89. The zero-order valence-corrected chi connectivity index (χ0v) is 10.5. The molecule has 2 heterocycles. The van der Waals surface area contributed by atoms with Crippen molar-refractivity contribution in [2.75, 3.05) is 31.7 Å². The highest BCUT2D eigenvalue weighted by Crippen LogP contribution is 2.30. The lowest BCUT2D eigenvalue weighted by molar-refractivity contribution is 0.161. The van der Waals surface area contributed by atoms with Crippen LogP contribution in [0, 0.1) is 5.92 Å². The molecule has 1 aliphatic rings. The average Bonchev–Trinajstić information content (AvgIpc) is 2.71. The minimum absolute atomic E-state index is 0.370. The minimum atomic E-state index is 0.370. The Morgan fingerprint density at radius 1 is 1.50 bits per heavy atom. The molecule has 6 heteroatoms. The summed E-state index contributed by atoms with van der Waals surface area (Å²) in [6, 6.07) is 1.76. The number of aromatic nitrogens is 2. The maximum absolute atomic E-state index is 6.00. The van der Waals surface area contributed by atoms with Gasteiger partial charge in [0.1, 0.15) is 0 Å². The van der Waals surface area contributed by atoms with E-state index in [0.717, 1.165) is 31.8 Å². The van der Waals surface area contributed by atoms with Crippen LogP contribution in [0.25, 0.3) is 0 Å². The molecule has 0 saturated carbocycles. The first-order chi connectivity index (χ1) is 7.70. The molecule has 88 valence electrons. The van der Waals surface area contributed by atoms with Crippen molar-refractivity contribution in [3.05, 3.63) is 16.4 Å². The largest absolute Gasteiger partial charge is 0.384 e. The second-order valence-corrected chi connectivity index (χ2v) is 4.64. The van der Waals surface area contributed by atoms with Gasteiger partial charge in [0, 0.05) is 32.2 Å². The van der Waals surface area contributed by atoms with Crippen molar-refractivity contribution in [3.8, 4) is 0 Å². The Morgan fingerprint density at radius 2 is 2.31 bits per heavy atom. The van der Waals surface area contributed by atoms with E-state index in [1.165, 1.54) is 0 Å². The fraction of sp³-hybridized carbons (Fsp3) is 0.600. The fourth-order valence-electron chi connectivity index (χ4n) is 1.99. The van der Waals surface area contributed by atoms with Gasteiger partial charge in [0.05, 0.1) is 12.3 Å². The van der Waals surface area contributed by atoms with Crippen LogP contribution < -0.4 is 4.90 Å². The number of ether oxygens (including phenoxy) is 1. The van der Waals surface area contributed by atoms with Gasteiger partial charge in [0.25, 0.3) is 0 Å². The van der Waals surface area contributed by atoms with Crippen molar-refractivity contribution in [3.63, 3.8) is 0 Å². The van der Waals surface area contributed by atoms with Gasteiger partial charge in [-0.05, 0) is 6.42 Å². The van der Waals surface area contributed by atoms with E-state index in [1.807, 2.05) is 0 Å². The van der Waals surface area contributed by atoms with Gasteiger partial charge in [0.2, 0.25) is 0 Å². The maximum atomic E-state index is 6.00. The zero-order valence-electron chi connectivity index (χ0n) is 8.99. The molecule has 0 N–H and O–H groups in total. The Hall–Kier alpha value is -0.580. The van der Waals surface area contributed by atoms with E-state index in [2.05, 4.69) is 15.1 Å². The van der Waals surface area contributed by atoms with E-state index < -0.39 is 0 Å². The summed E-state index contributed by atoms with van der Waals surface area (Å²) in [5.74, 6) is 0.549. The monoisotopic (exact) mass is 261 g/mol. The van der Waals surface area contributed by atoms with E-state index in [0.29, 0.717) is 16.2 Å². The summed E-state index contributed by atoms with van der Waals surface area (Å²) in [4.78, 5) is 2.17. The molecule has 1 fully saturated rings. The maximum Gasteiger partial charge on any atom is 0.175 e. The standard InChI is InChI=1S/C10H13Cl2N3O/c1-16-6-7-2-3-15(5-7)8-4-9(11)13-14-10(8)12/h4,7H,2-3,5-6H2,1H3. The van der Waals surface area contributed by atoms with Crippen molar-refractivity contribution < 1.29 is 4.74 Å². The smallest absolute Gasteiger partial charge is 0.175 e. The van der Waals surface area contributed by atoms with Crippen molar-refractivity contribution in [2.24, 2.45) is 5.92 Å². The van der Waals surface area contributed by atoms with E-state index >= 15 is 0 Å². The summed E-state index contributed by atoms with van der Waals surface area (Å²) in [5, 5.41) is 8.28. The van der Waals surface area contributed by atoms with Gasteiger partial charge in [-0.2, -0.15) is 0 Å². The van der Waals surface area contributed by atoms with Gasteiger partial charge < -0.3 is 9.64 Å². The molecular weight excluding hydrogens is 249 g/mol. The van der Waals surface area contributed by atoms with E-state index in [-0.39, 0.29) is 0 Å². The molecule has 1 atom stereocenters. The van der Waals surface area contributed by atoms with Gasteiger partial charge >= 0.3 is 0 Å².